The molecule has 3 heteroatoms. The number of hydrogen-bond acceptors (Lipinski definition) is 3. The van der Waals surface area contributed by atoms with Gasteiger partial charge in [0.15, 0.2) is 0 Å². The highest BCUT2D eigenvalue weighted by atomic mass is 16.5. The molecule has 0 saturated carbocycles. The summed E-state index contributed by atoms with van der Waals surface area (Å²) in [6.45, 7) is 6.84. The van der Waals surface area contributed by atoms with E-state index in [-0.39, 0.29) is 0 Å². The summed E-state index contributed by atoms with van der Waals surface area (Å²) in [5, 5.41) is 3.52. The third-order valence-corrected chi connectivity index (χ3v) is 5.25. The number of ether oxygens (including phenoxy) is 1. The molecule has 116 valence electrons. The maximum atomic E-state index is 5.34. The fourth-order valence-electron chi connectivity index (χ4n) is 4.09. The van der Waals surface area contributed by atoms with Crippen molar-refractivity contribution in [1.82, 2.24) is 10.2 Å². The second-order valence-corrected chi connectivity index (χ2v) is 6.74. The van der Waals surface area contributed by atoms with Crippen molar-refractivity contribution in [2.45, 2.75) is 24.7 Å². The Kier molecular flexibility index (Phi) is 4.94. The van der Waals surface area contributed by atoms with E-state index >= 15 is 0 Å². The predicted octanol–water partition coefficient (Wildman–Crippen LogP) is 2.28. The molecule has 0 radical (unpaired) electrons. The molecule has 2 aliphatic rings. The van der Waals surface area contributed by atoms with E-state index in [0.717, 1.165) is 25.6 Å². The number of likely N-dealkylation sites (tertiary alicyclic amines) is 1. The van der Waals surface area contributed by atoms with Gasteiger partial charge in [-0.2, -0.15) is 0 Å². The van der Waals surface area contributed by atoms with Crippen molar-refractivity contribution in [3.63, 3.8) is 0 Å². The topological polar surface area (TPSA) is 24.5 Å². The van der Waals surface area contributed by atoms with Crippen LogP contribution in [0.1, 0.15) is 24.8 Å². The second-order valence-electron chi connectivity index (χ2n) is 6.74. The van der Waals surface area contributed by atoms with Crippen LogP contribution in [-0.2, 0) is 10.2 Å². The Hall–Kier alpha value is -0.900. The van der Waals surface area contributed by atoms with Crippen molar-refractivity contribution in [3.05, 3.63) is 35.9 Å². The minimum absolute atomic E-state index is 0.342. The van der Waals surface area contributed by atoms with Crippen LogP contribution in [0.25, 0.3) is 0 Å². The molecule has 2 saturated heterocycles. The molecule has 0 aromatic heterocycles. The Morgan fingerprint density at radius 2 is 2.00 bits per heavy atom. The lowest BCUT2D eigenvalue weighted by atomic mass is 9.73. The van der Waals surface area contributed by atoms with Gasteiger partial charge in [-0.1, -0.05) is 30.3 Å². The van der Waals surface area contributed by atoms with Gasteiger partial charge in [-0.3, -0.25) is 0 Å². The van der Waals surface area contributed by atoms with Gasteiger partial charge in [-0.25, -0.2) is 0 Å². The highest BCUT2D eigenvalue weighted by molar-refractivity contribution is 5.27. The molecule has 2 heterocycles. The highest BCUT2D eigenvalue weighted by Crippen LogP contribution is 2.35. The van der Waals surface area contributed by atoms with Crippen LogP contribution in [0.3, 0.4) is 0 Å². The number of rotatable bonds is 5. The largest absolute Gasteiger partial charge is 0.384 e. The molecule has 0 bridgehead atoms. The fraction of sp³-hybridized carbons (Fsp3) is 0.667. The SMILES string of the molecule is COCC1CCN(CC2(c3ccccc3)CCNCC2)C1. The van der Waals surface area contributed by atoms with Gasteiger partial charge in [0.05, 0.1) is 6.61 Å². The van der Waals surface area contributed by atoms with Gasteiger partial charge < -0.3 is 15.0 Å². The van der Waals surface area contributed by atoms with Crippen LogP contribution in [0.4, 0.5) is 0 Å². The molecule has 3 nitrogen and oxygen atoms in total. The molecule has 21 heavy (non-hydrogen) atoms. The van der Waals surface area contributed by atoms with Crippen molar-refractivity contribution < 1.29 is 4.74 Å². The minimum atomic E-state index is 0.342. The zero-order chi connectivity index (χ0) is 14.5. The van der Waals surface area contributed by atoms with Gasteiger partial charge in [0.1, 0.15) is 0 Å². The first-order chi connectivity index (χ1) is 10.3. The number of nitrogens with zero attached hydrogens (tertiary/aromatic N) is 1. The van der Waals surface area contributed by atoms with Crippen LogP contribution >= 0.6 is 0 Å². The Balaban J connectivity index is 1.72. The van der Waals surface area contributed by atoms with Crippen LogP contribution < -0.4 is 5.32 Å². The molecule has 3 rings (SSSR count). The average molecular weight is 288 g/mol. The Morgan fingerprint density at radius 3 is 2.71 bits per heavy atom. The van der Waals surface area contributed by atoms with E-state index in [1.54, 1.807) is 0 Å². The number of methoxy groups -OCH3 is 1. The summed E-state index contributed by atoms with van der Waals surface area (Å²) in [6.07, 6.45) is 3.79. The maximum absolute atomic E-state index is 5.34. The summed E-state index contributed by atoms with van der Waals surface area (Å²) in [4.78, 5) is 2.67. The van der Waals surface area contributed by atoms with Crippen molar-refractivity contribution >= 4 is 0 Å². The summed E-state index contributed by atoms with van der Waals surface area (Å²) in [5.41, 5.74) is 1.87. The van der Waals surface area contributed by atoms with E-state index in [1.165, 1.54) is 44.5 Å². The number of piperidine rings is 1. The smallest absolute Gasteiger partial charge is 0.0503 e. The number of nitrogens with one attached hydrogen (secondary N) is 1. The molecule has 0 aliphatic carbocycles. The summed E-state index contributed by atoms with van der Waals surface area (Å²) in [7, 11) is 1.82. The van der Waals surface area contributed by atoms with Crippen LogP contribution in [0.2, 0.25) is 0 Å². The summed E-state index contributed by atoms with van der Waals surface area (Å²) >= 11 is 0. The highest BCUT2D eigenvalue weighted by Gasteiger charge is 2.37. The molecule has 1 aromatic carbocycles. The summed E-state index contributed by atoms with van der Waals surface area (Å²) < 4.78 is 5.34. The van der Waals surface area contributed by atoms with Crippen LogP contribution in [-0.4, -0.2) is 51.3 Å². The quantitative estimate of drug-likeness (QED) is 0.899. The molecule has 1 N–H and O–H groups in total. The molecule has 0 amide bonds. The van der Waals surface area contributed by atoms with Gasteiger partial charge in [-0.15, -0.1) is 0 Å². The molecule has 0 spiro atoms. The molecular weight excluding hydrogens is 260 g/mol. The third-order valence-electron chi connectivity index (χ3n) is 5.25. The van der Waals surface area contributed by atoms with E-state index in [9.17, 15) is 0 Å². The zero-order valence-corrected chi connectivity index (χ0v) is 13.2. The number of hydrogen-bond donors (Lipinski definition) is 1. The minimum Gasteiger partial charge on any atom is -0.384 e. The monoisotopic (exact) mass is 288 g/mol. The van der Waals surface area contributed by atoms with Crippen molar-refractivity contribution in [3.8, 4) is 0 Å². The van der Waals surface area contributed by atoms with Gasteiger partial charge in [0.2, 0.25) is 0 Å². The molecule has 2 fully saturated rings. The third kappa shape index (κ3) is 3.47. The van der Waals surface area contributed by atoms with Crippen LogP contribution in [0.15, 0.2) is 30.3 Å². The average Bonchev–Trinajstić information content (AvgIpc) is 2.96. The normalized spacial score (nSPS) is 26.0. The molecule has 1 unspecified atom stereocenters. The van der Waals surface area contributed by atoms with E-state index in [2.05, 4.69) is 40.5 Å². The first-order valence-corrected chi connectivity index (χ1v) is 8.30. The van der Waals surface area contributed by atoms with E-state index in [1.807, 2.05) is 7.11 Å². The summed E-state index contributed by atoms with van der Waals surface area (Å²) in [6, 6.07) is 11.2. The Labute approximate surface area is 128 Å². The van der Waals surface area contributed by atoms with Gasteiger partial charge in [0.25, 0.3) is 0 Å². The van der Waals surface area contributed by atoms with E-state index in [0.29, 0.717) is 5.41 Å². The fourth-order valence-corrected chi connectivity index (χ4v) is 4.09. The van der Waals surface area contributed by atoms with Crippen LogP contribution in [0.5, 0.6) is 0 Å². The molecule has 1 atom stereocenters. The van der Waals surface area contributed by atoms with Gasteiger partial charge in [0, 0.05) is 25.6 Å². The zero-order valence-electron chi connectivity index (χ0n) is 13.2. The molecular formula is C18H28N2O. The number of benzene rings is 1. The first-order valence-electron chi connectivity index (χ1n) is 8.30. The van der Waals surface area contributed by atoms with Crippen molar-refractivity contribution in [2.75, 3.05) is 46.4 Å². The Morgan fingerprint density at radius 1 is 1.24 bits per heavy atom. The lowest BCUT2D eigenvalue weighted by molar-refractivity contribution is 0.145. The maximum Gasteiger partial charge on any atom is 0.0503 e. The van der Waals surface area contributed by atoms with E-state index < -0.39 is 0 Å². The van der Waals surface area contributed by atoms with Gasteiger partial charge >= 0.3 is 0 Å². The van der Waals surface area contributed by atoms with Crippen LogP contribution in [0, 0.1) is 5.92 Å². The predicted molar refractivity (Wildman–Crippen MR) is 86.6 cm³/mol. The standard InChI is InChI=1S/C18H28N2O/c1-21-14-16-7-12-20(13-16)15-18(8-10-19-11-9-18)17-5-3-2-4-6-17/h2-6,16,19H,7-15H2,1H3. The van der Waals surface area contributed by atoms with Crippen molar-refractivity contribution in [2.24, 2.45) is 5.92 Å². The lowest BCUT2D eigenvalue weighted by Crippen LogP contribution is -2.47. The first kappa shape index (κ1) is 15.0. The molecule has 1 aromatic rings. The lowest BCUT2D eigenvalue weighted by Gasteiger charge is -2.41. The van der Waals surface area contributed by atoms with Crippen molar-refractivity contribution in [1.29, 1.82) is 0 Å². The molecule has 2 aliphatic heterocycles. The Bertz CT molecular complexity index is 428. The summed E-state index contributed by atoms with van der Waals surface area (Å²) in [5.74, 6) is 0.726. The van der Waals surface area contributed by atoms with Gasteiger partial charge in [-0.05, 0) is 50.4 Å². The second kappa shape index (κ2) is 6.91. The van der Waals surface area contributed by atoms with E-state index in [4.69, 9.17) is 4.74 Å².